The number of hydrogen-bond donors (Lipinski definition) is 3. The molecule has 2 aromatic rings. The predicted molar refractivity (Wildman–Crippen MR) is 107 cm³/mol. The number of carbonyl (C=O) groups is 1. The van der Waals surface area contributed by atoms with Crippen LogP contribution in [0.5, 0.6) is 0 Å². The van der Waals surface area contributed by atoms with Gasteiger partial charge in [0.05, 0.1) is 11.4 Å². The van der Waals surface area contributed by atoms with Gasteiger partial charge in [-0.25, -0.2) is 8.42 Å². The number of rotatable bonds is 8. The first-order valence-corrected chi connectivity index (χ1v) is 10.5. The number of hydrogen-bond acceptors (Lipinski definition) is 4. The van der Waals surface area contributed by atoms with Crippen molar-refractivity contribution < 1.29 is 13.2 Å². The summed E-state index contributed by atoms with van der Waals surface area (Å²) in [6.07, 6.45) is 2.45. The van der Waals surface area contributed by atoms with Gasteiger partial charge in [0.15, 0.2) is 0 Å². The molecule has 1 aliphatic rings. The molecule has 7 heteroatoms. The fraction of sp³-hybridized carbons (Fsp3) is 0.350. The van der Waals surface area contributed by atoms with E-state index in [0.29, 0.717) is 22.9 Å². The third-order valence-electron chi connectivity index (χ3n) is 4.45. The topological polar surface area (TPSA) is 87.3 Å². The van der Waals surface area contributed by atoms with Crippen molar-refractivity contribution in [3.8, 4) is 0 Å². The maximum absolute atomic E-state index is 12.8. The van der Waals surface area contributed by atoms with Gasteiger partial charge in [-0.3, -0.25) is 9.52 Å². The number of sulfonamides is 1. The maximum atomic E-state index is 12.8. The molecule has 1 saturated carbocycles. The Morgan fingerprint density at radius 1 is 1.07 bits per heavy atom. The Morgan fingerprint density at radius 3 is 2.56 bits per heavy atom. The molecule has 27 heavy (non-hydrogen) atoms. The number of amides is 1. The Morgan fingerprint density at radius 2 is 1.85 bits per heavy atom. The van der Waals surface area contributed by atoms with Crippen molar-refractivity contribution >= 4 is 27.3 Å². The molecule has 0 bridgehead atoms. The van der Waals surface area contributed by atoms with Crippen LogP contribution >= 0.6 is 0 Å². The Hall–Kier alpha value is -2.38. The van der Waals surface area contributed by atoms with Gasteiger partial charge in [-0.05, 0) is 74.5 Å². The minimum atomic E-state index is -3.76. The molecule has 0 atom stereocenters. The quantitative estimate of drug-likeness (QED) is 0.650. The summed E-state index contributed by atoms with van der Waals surface area (Å²) in [6, 6.07) is 12.1. The summed E-state index contributed by atoms with van der Waals surface area (Å²) < 4.78 is 28.2. The normalized spacial score (nSPS) is 14.0. The first-order valence-electron chi connectivity index (χ1n) is 9.04. The fourth-order valence-electron chi connectivity index (χ4n) is 2.80. The summed E-state index contributed by atoms with van der Waals surface area (Å²) >= 11 is 0. The van der Waals surface area contributed by atoms with Crippen molar-refractivity contribution in [1.29, 1.82) is 0 Å². The number of benzene rings is 2. The van der Waals surface area contributed by atoms with Crippen LogP contribution in [0.1, 0.15) is 24.0 Å². The summed E-state index contributed by atoms with van der Waals surface area (Å²) in [5.74, 6) is 0.510. The van der Waals surface area contributed by atoms with Crippen LogP contribution in [-0.2, 0) is 14.8 Å². The molecule has 0 aliphatic heterocycles. The third-order valence-corrected chi connectivity index (χ3v) is 5.97. The number of aryl methyl sites for hydroxylation is 2. The molecule has 1 fully saturated rings. The van der Waals surface area contributed by atoms with E-state index >= 15 is 0 Å². The van der Waals surface area contributed by atoms with Gasteiger partial charge in [0.2, 0.25) is 5.91 Å². The van der Waals surface area contributed by atoms with Crippen molar-refractivity contribution in [3.05, 3.63) is 53.6 Å². The van der Waals surface area contributed by atoms with Crippen LogP contribution in [0.4, 0.5) is 11.4 Å². The molecule has 144 valence electrons. The minimum absolute atomic E-state index is 0.146. The summed E-state index contributed by atoms with van der Waals surface area (Å²) in [7, 11) is -3.76. The monoisotopic (exact) mass is 387 g/mol. The highest BCUT2D eigenvalue weighted by molar-refractivity contribution is 7.92. The molecule has 0 aromatic heterocycles. The van der Waals surface area contributed by atoms with E-state index in [1.54, 1.807) is 37.3 Å². The van der Waals surface area contributed by atoms with Crippen LogP contribution in [-0.4, -0.2) is 27.4 Å². The van der Waals surface area contributed by atoms with Gasteiger partial charge in [0, 0.05) is 11.4 Å². The lowest BCUT2D eigenvalue weighted by atomic mass is 10.2. The van der Waals surface area contributed by atoms with Crippen molar-refractivity contribution in [3.63, 3.8) is 0 Å². The van der Waals surface area contributed by atoms with Gasteiger partial charge in [0.1, 0.15) is 0 Å². The van der Waals surface area contributed by atoms with Crippen molar-refractivity contribution in [2.45, 2.75) is 31.6 Å². The number of carbonyl (C=O) groups excluding carboxylic acids is 1. The smallest absolute Gasteiger partial charge is 0.262 e. The lowest BCUT2D eigenvalue weighted by molar-refractivity contribution is -0.115. The van der Waals surface area contributed by atoms with Gasteiger partial charge < -0.3 is 10.6 Å². The SMILES string of the molecule is Cc1cccc(NS(=O)(=O)c2cc(NC(=O)CNCC3CC3)ccc2C)c1. The highest BCUT2D eigenvalue weighted by Gasteiger charge is 2.21. The van der Waals surface area contributed by atoms with Crippen LogP contribution in [0.15, 0.2) is 47.4 Å². The standard InChI is InChI=1S/C20H25N3O3S/c1-14-4-3-5-18(10-14)23-27(25,26)19-11-17(9-6-15(19)2)22-20(24)13-21-12-16-7-8-16/h3-6,9-11,16,21,23H,7-8,12-13H2,1-2H3,(H,22,24). The molecule has 0 saturated heterocycles. The number of nitrogens with one attached hydrogen (secondary N) is 3. The van der Waals surface area contributed by atoms with E-state index in [-0.39, 0.29) is 17.3 Å². The Bertz CT molecular complexity index is 937. The second-order valence-electron chi connectivity index (χ2n) is 7.08. The molecule has 0 heterocycles. The Labute approximate surface area is 160 Å². The molecule has 3 rings (SSSR count). The van der Waals surface area contributed by atoms with Crippen molar-refractivity contribution in [2.24, 2.45) is 5.92 Å². The van der Waals surface area contributed by atoms with E-state index in [0.717, 1.165) is 12.1 Å². The van der Waals surface area contributed by atoms with Gasteiger partial charge in [-0.2, -0.15) is 0 Å². The average molecular weight is 388 g/mol. The van der Waals surface area contributed by atoms with Crippen molar-refractivity contribution in [1.82, 2.24) is 5.32 Å². The fourth-order valence-corrected chi connectivity index (χ4v) is 4.12. The first-order chi connectivity index (χ1) is 12.8. The maximum Gasteiger partial charge on any atom is 0.262 e. The third kappa shape index (κ3) is 5.55. The Balaban J connectivity index is 1.70. The van der Waals surface area contributed by atoms with Gasteiger partial charge in [0.25, 0.3) is 10.0 Å². The summed E-state index contributed by atoms with van der Waals surface area (Å²) in [5.41, 5.74) is 2.54. The molecular weight excluding hydrogens is 362 g/mol. The zero-order chi connectivity index (χ0) is 19.4. The van der Waals surface area contributed by atoms with E-state index in [4.69, 9.17) is 0 Å². The van der Waals surface area contributed by atoms with Crippen LogP contribution in [0, 0.1) is 19.8 Å². The van der Waals surface area contributed by atoms with Crippen LogP contribution in [0.3, 0.4) is 0 Å². The predicted octanol–water partition coefficient (Wildman–Crippen LogP) is 3.04. The Kier molecular flexibility index (Phi) is 5.82. The average Bonchev–Trinajstić information content (AvgIpc) is 3.40. The second kappa shape index (κ2) is 8.10. The molecule has 2 aromatic carbocycles. The first kappa shape index (κ1) is 19.4. The molecule has 0 spiro atoms. The lowest BCUT2D eigenvalue weighted by Gasteiger charge is -2.13. The van der Waals surface area contributed by atoms with E-state index < -0.39 is 10.0 Å². The molecule has 1 amide bonds. The summed E-state index contributed by atoms with van der Waals surface area (Å²) in [5, 5.41) is 5.87. The molecule has 6 nitrogen and oxygen atoms in total. The van der Waals surface area contributed by atoms with Crippen LogP contribution in [0.2, 0.25) is 0 Å². The zero-order valence-electron chi connectivity index (χ0n) is 15.6. The van der Waals surface area contributed by atoms with Crippen LogP contribution < -0.4 is 15.4 Å². The van der Waals surface area contributed by atoms with Crippen LogP contribution in [0.25, 0.3) is 0 Å². The second-order valence-corrected chi connectivity index (χ2v) is 8.73. The molecule has 3 N–H and O–H groups in total. The molecule has 1 aliphatic carbocycles. The summed E-state index contributed by atoms with van der Waals surface area (Å²) in [4.78, 5) is 12.2. The minimum Gasteiger partial charge on any atom is -0.325 e. The highest BCUT2D eigenvalue weighted by Crippen LogP contribution is 2.27. The highest BCUT2D eigenvalue weighted by atomic mass is 32.2. The lowest BCUT2D eigenvalue weighted by Crippen LogP contribution is -2.29. The van der Waals surface area contributed by atoms with E-state index in [9.17, 15) is 13.2 Å². The van der Waals surface area contributed by atoms with Gasteiger partial charge in [-0.1, -0.05) is 18.2 Å². The molecule has 0 radical (unpaired) electrons. The van der Waals surface area contributed by atoms with Gasteiger partial charge >= 0.3 is 0 Å². The number of anilines is 2. The van der Waals surface area contributed by atoms with E-state index in [1.165, 1.54) is 18.9 Å². The molecular formula is C20H25N3O3S. The van der Waals surface area contributed by atoms with E-state index in [2.05, 4.69) is 15.4 Å². The van der Waals surface area contributed by atoms with E-state index in [1.807, 2.05) is 13.0 Å². The zero-order valence-corrected chi connectivity index (χ0v) is 16.4. The largest absolute Gasteiger partial charge is 0.325 e. The van der Waals surface area contributed by atoms with Gasteiger partial charge in [-0.15, -0.1) is 0 Å². The summed E-state index contributed by atoms with van der Waals surface area (Å²) in [6.45, 7) is 4.69. The molecule has 0 unspecified atom stereocenters. The van der Waals surface area contributed by atoms with Crippen molar-refractivity contribution in [2.75, 3.05) is 23.1 Å².